The van der Waals surface area contributed by atoms with Gasteiger partial charge in [0, 0.05) is 19.0 Å². The van der Waals surface area contributed by atoms with E-state index in [2.05, 4.69) is 4.72 Å². The number of benzene rings is 1. The van der Waals surface area contributed by atoms with Crippen molar-refractivity contribution in [3.63, 3.8) is 0 Å². The minimum absolute atomic E-state index is 0.278. The Morgan fingerprint density at radius 3 is 2.44 bits per heavy atom. The molecule has 1 aromatic rings. The number of nitrogens with zero attached hydrogens (tertiary/aromatic N) is 1. The summed E-state index contributed by atoms with van der Waals surface area (Å²) in [5, 5.41) is 0. The topological polar surface area (TPSA) is 49.4 Å². The van der Waals surface area contributed by atoms with E-state index in [1.165, 1.54) is 26.2 Å². The quantitative estimate of drug-likeness (QED) is 0.666. The first-order chi connectivity index (χ1) is 8.17. The van der Waals surface area contributed by atoms with E-state index in [4.69, 9.17) is 23.2 Å². The Hall–Kier alpha value is -0.210. The number of para-hydroxylation sites is 1. The van der Waals surface area contributed by atoms with Crippen molar-refractivity contribution in [3.8, 4) is 0 Å². The van der Waals surface area contributed by atoms with Crippen LogP contribution in [-0.4, -0.2) is 26.4 Å². The van der Waals surface area contributed by atoms with Gasteiger partial charge >= 0.3 is 14.1 Å². The fraction of sp³-hybridized carbons (Fsp3) is 0.333. The Balaban J connectivity index is 3.18. The fourth-order valence-electron chi connectivity index (χ4n) is 1.19. The summed E-state index contributed by atoms with van der Waals surface area (Å²) in [4.78, 5) is 0.311. The molecule has 0 aromatic heterocycles. The summed E-state index contributed by atoms with van der Waals surface area (Å²) in [5.74, 6) is 0. The van der Waals surface area contributed by atoms with Crippen LogP contribution in [-0.2, 0) is 10.2 Å². The van der Waals surface area contributed by atoms with Crippen molar-refractivity contribution in [1.29, 1.82) is 0 Å². The van der Waals surface area contributed by atoms with Crippen molar-refractivity contribution in [2.45, 2.75) is 8.81 Å². The van der Waals surface area contributed by atoms with Crippen LogP contribution < -0.4 is 9.03 Å². The molecule has 0 spiro atoms. The van der Waals surface area contributed by atoms with Gasteiger partial charge in [-0.15, -0.1) is 0 Å². The molecule has 0 saturated carbocycles. The van der Waals surface area contributed by atoms with E-state index >= 15 is 0 Å². The molecule has 0 heterocycles. The molecular weight excluding hydrogens is 322 g/mol. The van der Waals surface area contributed by atoms with Gasteiger partial charge in [0.25, 0.3) is 0 Å². The molecule has 0 aliphatic rings. The molecule has 0 aliphatic heterocycles. The maximum atomic E-state index is 13.2. The number of hydrogen-bond acceptors (Lipinski definition) is 3. The Morgan fingerprint density at radius 1 is 1.39 bits per heavy atom. The molecule has 0 saturated heterocycles. The van der Waals surface area contributed by atoms with Crippen LogP contribution in [0.5, 0.6) is 0 Å². The lowest BCUT2D eigenvalue weighted by Crippen LogP contribution is -2.36. The zero-order valence-electron chi connectivity index (χ0n) is 9.52. The van der Waals surface area contributed by atoms with Gasteiger partial charge in [-0.1, -0.05) is 47.1 Å². The van der Waals surface area contributed by atoms with Crippen molar-refractivity contribution < 1.29 is 12.8 Å². The molecule has 18 heavy (non-hydrogen) atoms. The molecule has 1 aromatic carbocycles. The lowest BCUT2D eigenvalue weighted by molar-refractivity contribution is 0.516. The normalized spacial score (nSPS) is 12.5. The lowest BCUT2D eigenvalue weighted by Gasteiger charge is -2.22. The van der Waals surface area contributed by atoms with Gasteiger partial charge in [-0.3, -0.25) is 4.31 Å². The molecule has 0 aliphatic carbocycles. The van der Waals surface area contributed by atoms with Gasteiger partial charge in [-0.2, -0.15) is 12.8 Å². The van der Waals surface area contributed by atoms with Crippen LogP contribution in [0.3, 0.4) is 0 Å². The summed E-state index contributed by atoms with van der Waals surface area (Å²) in [6.45, 7) is 0. The first-order valence-corrected chi connectivity index (χ1v) is 7.71. The molecule has 0 bridgehead atoms. The van der Waals surface area contributed by atoms with E-state index in [0.29, 0.717) is 16.7 Å². The average Bonchev–Trinajstić information content (AvgIpc) is 2.26. The van der Waals surface area contributed by atoms with Crippen LogP contribution in [0.4, 0.5) is 10.1 Å². The first-order valence-electron chi connectivity index (χ1n) is 4.69. The SMILES string of the molecule is CNS(=O)(=O)N(C)c1ccccc1SC(F)(Cl)Cl. The van der Waals surface area contributed by atoms with Gasteiger partial charge in [0.2, 0.25) is 0 Å². The van der Waals surface area contributed by atoms with E-state index in [0.717, 1.165) is 4.31 Å². The molecule has 1 rings (SSSR count). The Kier molecular flexibility index (Phi) is 5.13. The predicted octanol–water partition coefficient (Wildman–Crippen LogP) is 2.74. The summed E-state index contributed by atoms with van der Waals surface area (Å²) in [6.07, 6.45) is 0. The monoisotopic (exact) mass is 332 g/mol. The number of nitrogens with one attached hydrogen (secondary N) is 1. The molecule has 9 heteroatoms. The van der Waals surface area contributed by atoms with E-state index in [1.807, 2.05) is 0 Å². The van der Waals surface area contributed by atoms with Crippen LogP contribution in [0, 0.1) is 0 Å². The van der Waals surface area contributed by atoms with Crippen molar-refractivity contribution in [2.75, 3.05) is 18.4 Å². The summed E-state index contributed by atoms with van der Waals surface area (Å²) in [5.41, 5.74) is 0.278. The van der Waals surface area contributed by atoms with Crippen molar-refractivity contribution in [1.82, 2.24) is 4.72 Å². The second kappa shape index (κ2) is 5.83. The third-order valence-corrected chi connectivity index (χ3v) is 4.74. The molecule has 0 atom stereocenters. The Morgan fingerprint density at radius 2 is 1.94 bits per heavy atom. The number of rotatable bonds is 5. The number of alkyl halides is 3. The molecule has 1 N–H and O–H groups in total. The lowest BCUT2D eigenvalue weighted by atomic mass is 10.3. The summed E-state index contributed by atoms with van der Waals surface area (Å²) < 4.78 is 37.1. The maximum absolute atomic E-state index is 13.2. The van der Waals surface area contributed by atoms with Gasteiger partial charge in [0.05, 0.1) is 5.69 Å². The number of thioether (sulfide) groups is 1. The van der Waals surface area contributed by atoms with Crippen LogP contribution >= 0.6 is 35.0 Å². The van der Waals surface area contributed by atoms with Crippen LogP contribution in [0.1, 0.15) is 0 Å². The van der Waals surface area contributed by atoms with Crippen LogP contribution in [0.2, 0.25) is 0 Å². The highest BCUT2D eigenvalue weighted by molar-refractivity contribution is 8.03. The number of anilines is 1. The highest BCUT2D eigenvalue weighted by Crippen LogP contribution is 2.44. The largest absolute Gasteiger partial charge is 0.309 e. The molecular formula is C9H11Cl2FN2O2S2. The van der Waals surface area contributed by atoms with Crippen molar-refractivity contribution >= 4 is 50.9 Å². The van der Waals surface area contributed by atoms with Crippen LogP contribution in [0.25, 0.3) is 0 Å². The van der Waals surface area contributed by atoms with Crippen molar-refractivity contribution in [3.05, 3.63) is 24.3 Å². The second-order valence-electron chi connectivity index (χ2n) is 3.19. The van der Waals surface area contributed by atoms with Crippen LogP contribution in [0.15, 0.2) is 29.2 Å². The summed E-state index contributed by atoms with van der Waals surface area (Å²) >= 11 is 11.1. The molecule has 4 nitrogen and oxygen atoms in total. The third kappa shape index (κ3) is 4.17. The molecule has 0 unspecified atom stereocenters. The minimum atomic E-state index is -3.67. The number of hydrogen-bond donors (Lipinski definition) is 1. The van der Waals surface area contributed by atoms with E-state index < -0.39 is 14.1 Å². The van der Waals surface area contributed by atoms with Gasteiger partial charge in [0.15, 0.2) is 0 Å². The highest BCUT2D eigenvalue weighted by Gasteiger charge is 2.27. The Bertz CT molecular complexity index is 520. The minimum Gasteiger partial charge on any atom is -0.260 e. The summed E-state index contributed by atoms with van der Waals surface area (Å²) in [7, 11) is -1.05. The third-order valence-electron chi connectivity index (χ3n) is 2.05. The Labute approximate surface area is 120 Å². The molecule has 0 fully saturated rings. The molecule has 0 radical (unpaired) electrons. The van der Waals surface area contributed by atoms with Gasteiger partial charge < -0.3 is 0 Å². The standard InChI is InChI=1S/C9H11Cl2FN2O2S2/c1-13-18(15,16)14(2)7-5-3-4-6-8(7)17-9(10,11)12/h3-6,13H,1-2H3. The van der Waals surface area contributed by atoms with Gasteiger partial charge in [0.1, 0.15) is 0 Å². The first kappa shape index (κ1) is 15.8. The zero-order valence-corrected chi connectivity index (χ0v) is 12.7. The predicted molar refractivity (Wildman–Crippen MR) is 74.2 cm³/mol. The zero-order chi connectivity index (χ0) is 14.0. The molecule has 0 amide bonds. The summed E-state index contributed by atoms with van der Waals surface area (Å²) in [6, 6.07) is 6.31. The van der Waals surface area contributed by atoms with Gasteiger partial charge in [-0.25, -0.2) is 4.72 Å². The second-order valence-corrected chi connectivity index (χ2v) is 7.99. The highest BCUT2D eigenvalue weighted by atomic mass is 35.5. The fourth-order valence-corrected chi connectivity index (χ4v) is 3.15. The maximum Gasteiger partial charge on any atom is 0.309 e. The van der Waals surface area contributed by atoms with E-state index in [1.54, 1.807) is 12.1 Å². The van der Waals surface area contributed by atoms with Crippen molar-refractivity contribution in [2.24, 2.45) is 0 Å². The molecule has 102 valence electrons. The van der Waals surface area contributed by atoms with Gasteiger partial charge in [-0.05, 0) is 12.1 Å². The smallest absolute Gasteiger partial charge is 0.260 e. The number of halogens is 3. The van der Waals surface area contributed by atoms with E-state index in [9.17, 15) is 12.8 Å². The van der Waals surface area contributed by atoms with E-state index in [-0.39, 0.29) is 5.69 Å². The average molecular weight is 333 g/mol.